The van der Waals surface area contributed by atoms with E-state index in [9.17, 15) is 0 Å². The van der Waals surface area contributed by atoms with Crippen molar-refractivity contribution in [3.05, 3.63) is 49.6 Å². The van der Waals surface area contributed by atoms with Crippen LogP contribution < -0.4 is 10.1 Å². The van der Waals surface area contributed by atoms with Gasteiger partial charge in [0.05, 0.1) is 17.5 Å². The summed E-state index contributed by atoms with van der Waals surface area (Å²) in [7, 11) is 3.61. The van der Waals surface area contributed by atoms with E-state index >= 15 is 0 Å². The molecular weight excluding hydrogens is 334 g/mol. The summed E-state index contributed by atoms with van der Waals surface area (Å²) in [5, 5.41) is 3.30. The third-order valence-corrected chi connectivity index (χ3v) is 4.46. The molecule has 0 amide bonds. The van der Waals surface area contributed by atoms with Crippen LogP contribution in [0.4, 0.5) is 0 Å². The zero-order valence-corrected chi connectivity index (χ0v) is 13.2. The molecule has 1 N–H and O–H groups in total. The Balaban J connectivity index is 2.47. The molecule has 0 spiro atoms. The predicted octanol–water partition coefficient (Wildman–Crippen LogP) is 4.48. The van der Waals surface area contributed by atoms with Crippen LogP contribution in [0.2, 0.25) is 4.34 Å². The van der Waals surface area contributed by atoms with E-state index in [2.05, 4.69) is 27.3 Å². The van der Waals surface area contributed by atoms with Gasteiger partial charge in [0.2, 0.25) is 0 Å². The molecule has 0 saturated carbocycles. The molecule has 18 heavy (non-hydrogen) atoms. The van der Waals surface area contributed by atoms with Gasteiger partial charge in [0, 0.05) is 14.9 Å². The molecule has 1 atom stereocenters. The van der Waals surface area contributed by atoms with Gasteiger partial charge >= 0.3 is 0 Å². The molecular formula is C13H13BrClNOS. The highest BCUT2D eigenvalue weighted by molar-refractivity contribution is 9.10. The summed E-state index contributed by atoms with van der Waals surface area (Å²) >= 11 is 11.1. The van der Waals surface area contributed by atoms with Gasteiger partial charge < -0.3 is 10.1 Å². The van der Waals surface area contributed by atoms with E-state index in [4.69, 9.17) is 16.3 Å². The Labute approximate surface area is 124 Å². The summed E-state index contributed by atoms with van der Waals surface area (Å²) < 4.78 is 7.24. The highest BCUT2D eigenvalue weighted by Gasteiger charge is 2.18. The second kappa shape index (κ2) is 6.06. The lowest BCUT2D eigenvalue weighted by molar-refractivity contribution is 0.405. The van der Waals surface area contributed by atoms with E-state index < -0.39 is 0 Å². The van der Waals surface area contributed by atoms with Crippen molar-refractivity contribution >= 4 is 38.9 Å². The number of methoxy groups -OCH3 is 1. The fraction of sp³-hybridized carbons (Fsp3) is 0.231. The van der Waals surface area contributed by atoms with E-state index in [1.807, 2.05) is 31.3 Å². The molecule has 0 aliphatic carbocycles. The normalized spacial score (nSPS) is 12.4. The highest BCUT2D eigenvalue weighted by Crippen LogP contribution is 2.36. The Kier molecular flexibility index (Phi) is 4.67. The van der Waals surface area contributed by atoms with Crippen LogP contribution in [-0.2, 0) is 0 Å². The second-order valence-electron chi connectivity index (χ2n) is 3.75. The van der Waals surface area contributed by atoms with Crippen LogP contribution >= 0.6 is 38.9 Å². The zero-order chi connectivity index (χ0) is 13.1. The number of benzene rings is 1. The van der Waals surface area contributed by atoms with Crippen LogP contribution in [-0.4, -0.2) is 14.2 Å². The minimum Gasteiger partial charge on any atom is -0.496 e. The minimum atomic E-state index is 0.0787. The average molecular weight is 347 g/mol. The largest absolute Gasteiger partial charge is 0.496 e. The standard InChI is InChI=1S/C13H13BrClNOS/c1-16-13(11-5-6-12(15)18-11)9-7-8(14)3-4-10(9)17-2/h3-7,13,16H,1-2H3. The number of thiophene rings is 1. The van der Waals surface area contributed by atoms with Gasteiger partial charge in [-0.15, -0.1) is 11.3 Å². The Hall–Kier alpha value is -0.550. The van der Waals surface area contributed by atoms with Crippen molar-refractivity contribution in [2.24, 2.45) is 0 Å². The molecule has 0 saturated heterocycles. The van der Waals surface area contributed by atoms with Crippen molar-refractivity contribution in [1.29, 1.82) is 0 Å². The highest BCUT2D eigenvalue weighted by atomic mass is 79.9. The zero-order valence-electron chi connectivity index (χ0n) is 10.0. The average Bonchev–Trinajstić information content (AvgIpc) is 2.77. The van der Waals surface area contributed by atoms with E-state index in [1.54, 1.807) is 18.4 Å². The number of halogens is 2. The van der Waals surface area contributed by atoms with Gasteiger partial charge in [-0.1, -0.05) is 27.5 Å². The summed E-state index contributed by atoms with van der Waals surface area (Å²) in [4.78, 5) is 1.17. The van der Waals surface area contributed by atoms with Gasteiger partial charge in [0.15, 0.2) is 0 Å². The quantitative estimate of drug-likeness (QED) is 0.881. The maximum atomic E-state index is 6.00. The van der Waals surface area contributed by atoms with Gasteiger partial charge in [-0.25, -0.2) is 0 Å². The summed E-state index contributed by atoms with van der Waals surface area (Å²) in [5.41, 5.74) is 1.09. The maximum absolute atomic E-state index is 6.00. The van der Waals surface area contributed by atoms with E-state index in [-0.39, 0.29) is 6.04 Å². The smallest absolute Gasteiger partial charge is 0.124 e. The fourth-order valence-corrected chi connectivity index (χ4v) is 3.43. The Morgan fingerprint density at radius 2 is 2.11 bits per heavy atom. The summed E-state index contributed by atoms with van der Waals surface area (Å²) in [6.07, 6.45) is 0. The van der Waals surface area contributed by atoms with Crippen molar-refractivity contribution in [3.8, 4) is 5.75 Å². The molecule has 1 aromatic heterocycles. The van der Waals surface area contributed by atoms with Crippen molar-refractivity contribution in [2.75, 3.05) is 14.2 Å². The molecule has 2 nitrogen and oxygen atoms in total. The van der Waals surface area contributed by atoms with Crippen LogP contribution in [0.3, 0.4) is 0 Å². The minimum absolute atomic E-state index is 0.0787. The number of ether oxygens (including phenoxy) is 1. The first-order valence-electron chi connectivity index (χ1n) is 5.41. The van der Waals surface area contributed by atoms with Gasteiger partial charge in [-0.3, -0.25) is 0 Å². The Morgan fingerprint density at radius 1 is 1.33 bits per heavy atom. The number of hydrogen-bond donors (Lipinski definition) is 1. The molecule has 1 heterocycles. The van der Waals surface area contributed by atoms with Crippen LogP contribution in [0.25, 0.3) is 0 Å². The molecule has 2 aromatic rings. The summed E-state index contributed by atoms with van der Waals surface area (Å²) in [5.74, 6) is 0.863. The van der Waals surface area contributed by atoms with Gasteiger partial charge in [-0.2, -0.15) is 0 Å². The van der Waals surface area contributed by atoms with Gasteiger partial charge in [0.25, 0.3) is 0 Å². The summed E-state index contributed by atoms with van der Waals surface area (Å²) in [6, 6.07) is 10.0. The van der Waals surface area contributed by atoms with Gasteiger partial charge in [-0.05, 0) is 37.4 Å². The van der Waals surface area contributed by atoms with Crippen LogP contribution in [0.5, 0.6) is 5.75 Å². The molecule has 0 radical (unpaired) electrons. The van der Waals surface area contributed by atoms with Crippen LogP contribution in [0.1, 0.15) is 16.5 Å². The monoisotopic (exact) mass is 345 g/mol. The lowest BCUT2D eigenvalue weighted by Gasteiger charge is -2.18. The van der Waals surface area contributed by atoms with Gasteiger partial charge in [0.1, 0.15) is 5.75 Å². The van der Waals surface area contributed by atoms with Crippen molar-refractivity contribution in [2.45, 2.75) is 6.04 Å². The molecule has 1 aromatic carbocycles. The number of nitrogens with one attached hydrogen (secondary N) is 1. The van der Waals surface area contributed by atoms with Crippen molar-refractivity contribution in [3.63, 3.8) is 0 Å². The first-order valence-corrected chi connectivity index (χ1v) is 7.40. The third kappa shape index (κ3) is 2.88. The Morgan fingerprint density at radius 3 is 2.67 bits per heavy atom. The molecule has 5 heteroatoms. The second-order valence-corrected chi connectivity index (χ2v) is 6.41. The SMILES string of the molecule is CNC(c1ccc(Cl)s1)c1cc(Br)ccc1OC. The topological polar surface area (TPSA) is 21.3 Å². The van der Waals surface area contributed by atoms with Crippen molar-refractivity contribution in [1.82, 2.24) is 5.32 Å². The van der Waals surface area contributed by atoms with Crippen LogP contribution in [0, 0.1) is 0 Å². The lowest BCUT2D eigenvalue weighted by Crippen LogP contribution is -2.17. The molecule has 1 unspecified atom stereocenters. The lowest BCUT2D eigenvalue weighted by atomic mass is 10.0. The predicted molar refractivity (Wildman–Crippen MR) is 80.9 cm³/mol. The summed E-state index contributed by atoms with van der Waals surface area (Å²) in [6.45, 7) is 0. The maximum Gasteiger partial charge on any atom is 0.124 e. The first kappa shape index (κ1) is 13.9. The molecule has 96 valence electrons. The van der Waals surface area contributed by atoms with Crippen LogP contribution in [0.15, 0.2) is 34.8 Å². The molecule has 0 aliphatic rings. The first-order chi connectivity index (χ1) is 8.65. The number of hydrogen-bond acceptors (Lipinski definition) is 3. The van der Waals surface area contributed by atoms with Crippen molar-refractivity contribution < 1.29 is 4.74 Å². The van der Waals surface area contributed by atoms with E-state index in [1.165, 1.54) is 4.88 Å². The number of rotatable bonds is 4. The molecule has 0 bridgehead atoms. The van der Waals surface area contributed by atoms with E-state index in [0.717, 1.165) is 20.1 Å². The molecule has 0 aliphatic heterocycles. The molecule has 0 fully saturated rings. The fourth-order valence-electron chi connectivity index (χ4n) is 1.87. The Bertz CT molecular complexity index is 544. The third-order valence-electron chi connectivity index (χ3n) is 2.67. The molecule has 2 rings (SSSR count). The van der Waals surface area contributed by atoms with E-state index in [0.29, 0.717) is 0 Å².